The van der Waals surface area contributed by atoms with Gasteiger partial charge in [0.05, 0.1) is 25.7 Å². The second-order valence-electron chi connectivity index (χ2n) is 7.08. The summed E-state index contributed by atoms with van der Waals surface area (Å²) < 4.78 is 15.0. The van der Waals surface area contributed by atoms with Gasteiger partial charge >= 0.3 is 18.0 Å². The van der Waals surface area contributed by atoms with E-state index in [4.69, 9.17) is 15.2 Å². The molecule has 1 unspecified atom stereocenters. The molecule has 1 aliphatic rings. The van der Waals surface area contributed by atoms with E-state index < -0.39 is 30.3 Å². The van der Waals surface area contributed by atoms with Gasteiger partial charge in [0, 0.05) is 11.4 Å². The Hall–Kier alpha value is -4.78. The van der Waals surface area contributed by atoms with Crippen molar-refractivity contribution in [3.63, 3.8) is 0 Å². The van der Waals surface area contributed by atoms with Gasteiger partial charge in [-0.1, -0.05) is 30.3 Å². The molecule has 10 heteroatoms. The zero-order valence-electron chi connectivity index (χ0n) is 18.5. The third kappa shape index (κ3) is 5.34. The standard InChI is InChI=1S/C24H22N4O6/c1-32-19(29)12-18-21(23(30)33-2)20(17(13-25)22(26)34-18)14-7-6-10-16(11-14)28-24(31)27-15-8-4-3-5-9-15/h3-11,20H,12,26H2,1-2H3,(H2,27,28,31). The number of hydrogen-bond donors (Lipinski definition) is 3. The number of nitrogens with two attached hydrogens (primary N) is 1. The molecule has 2 aromatic rings. The van der Waals surface area contributed by atoms with Gasteiger partial charge in [0.1, 0.15) is 23.8 Å². The largest absolute Gasteiger partial charge is 0.469 e. The number of carbonyl (C=O) groups excluding carboxylic acids is 3. The Morgan fingerprint density at radius 1 is 1.03 bits per heavy atom. The van der Waals surface area contributed by atoms with E-state index >= 15 is 0 Å². The molecule has 0 aromatic heterocycles. The minimum absolute atomic E-state index is 0.0418. The normalized spacial score (nSPS) is 15.0. The first-order valence-electron chi connectivity index (χ1n) is 10.1. The number of nitriles is 1. The van der Waals surface area contributed by atoms with E-state index in [1.165, 1.54) is 14.2 Å². The van der Waals surface area contributed by atoms with E-state index in [1.807, 2.05) is 12.1 Å². The molecule has 0 bridgehead atoms. The molecule has 0 aliphatic carbocycles. The van der Waals surface area contributed by atoms with Crippen molar-refractivity contribution in [1.82, 2.24) is 0 Å². The molecule has 2 amide bonds. The van der Waals surface area contributed by atoms with E-state index in [2.05, 4.69) is 15.4 Å². The van der Waals surface area contributed by atoms with Crippen LogP contribution >= 0.6 is 0 Å². The third-order valence-electron chi connectivity index (χ3n) is 4.94. The number of ether oxygens (including phenoxy) is 3. The number of esters is 2. The fraction of sp³-hybridized carbons (Fsp3) is 0.167. The molecule has 10 nitrogen and oxygen atoms in total. The van der Waals surface area contributed by atoms with Gasteiger partial charge in [0.15, 0.2) is 0 Å². The molecule has 0 saturated heterocycles. The van der Waals surface area contributed by atoms with Gasteiger partial charge < -0.3 is 30.6 Å². The van der Waals surface area contributed by atoms with Crippen molar-refractivity contribution >= 4 is 29.3 Å². The number of methoxy groups -OCH3 is 2. The van der Waals surface area contributed by atoms with Gasteiger partial charge in [0.25, 0.3) is 0 Å². The van der Waals surface area contributed by atoms with Crippen LogP contribution in [0.4, 0.5) is 16.2 Å². The zero-order chi connectivity index (χ0) is 24.7. The summed E-state index contributed by atoms with van der Waals surface area (Å²) in [6.45, 7) is 0. The highest BCUT2D eigenvalue weighted by Crippen LogP contribution is 2.41. The summed E-state index contributed by atoms with van der Waals surface area (Å²) >= 11 is 0. The second-order valence-corrected chi connectivity index (χ2v) is 7.08. The number of nitrogens with one attached hydrogen (secondary N) is 2. The van der Waals surface area contributed by atoms with Crippen LogP contribution in [-0.2, 0) is 23.8 Å². The molecule has 0 fully saturated rings. The molecule has 0 spiro atoms. The fourth-order valence-electron chi connectivity index (χ4n) is 3.43. The van der Waals surface area contributed by atoms with Crippen molar-refractivity contribution in [2.45, 2.75) is 12.3 Å². The lowest BCUT2D eigenvalue weighted by molar-refractivity contribution is -0.140. The average Bonchev–Trinajstić information content (AvgIpc) is 2.83. The van der Waals surface area contributed by atoms with Gasteiger partial charge in [-0.2, -0.15) is 5.26 Å². The quantitative estimate of drug-likeness (QED) is 0.554. The molecule has 0 radical (unpaired) electrons. The Morgan fingerprint density at radius 3 is 2.35 bits per heavy atom. The van der Waals surface area contributed by atoms with Gasteiger partial charge in [-0.15, -0.1) is 0 Å². The SMILES string of the molecule is COC(=O)CC1=C(C(=O)OC)C(c2cccc(NC(=O)Nc3ccccc3)c2)C(C#N)=C(N)O1. The van der Waals surface area contributed by atoms with Crippen LogP contribution in [-0.4, -0.2) is 32.2 Å². The number of hydrogen-bond acceptors (Lipinski definition) is 8. The molecule has 1 atom stereocenters. The van der Waals surface area contributed by atoms with Crippen molar-refractivity contribution in [2.75, 3.05) is 24.9 Å². The Balaban J connectivity index is 1.99. The Labute approximate surface area is 195 Å². The molecule has 2 aromatic carbocycles. The first-order valence-corrected chi connectivity index (χ1v) is 10.1. The van der Waals surface area contributed by atoms with Crippen LogP contribution in [0.15, 0.2) is 77.4 Å². The molecule has 0 saturated carbocycles. The molecule has 4 N–H and O–H groups in total. The minimum Gasteiger partial charge on any atom is -0.469 e. The number of benzene rings is 2. The van der Waals surface area contributed by atoms with Crippen LogP contribution in [0.1, 0.15) is 17.9 Å². The molecule has 1 aliphatic heterocycles. The zero-order valence-corrected chi connectivity index (χ0v) is 18.5. The predicted octanol–water partition coefficient (Wildman–Crippen LogP) is 3.13. The van der Waals surface area contributed by atoms with E-state index in [-0.39, 0.29) is 22.8 Å². The van der Waals surface area contributed by atoms with Crippen LogP contribution in [0, 0.1) is 11.3 Å². The Kier molecular flexibility index (Phi) is 7.51. The first-order chi connectivity index (χ1) is 16.4. The van der Waals surface area contributed by atoms with Gasteiger partial charge in [-0.25, -0.2) is 9.59 Å². The number of allylic oxidation sites excluding steroid dienone is 1. The summed E-state index contributed by atoms with van der Waals surface area (Å²) in [6, 6.07) is 16.9. The number of rotatable bonds is 6. The van der Waals surface area contributed by atoms with Crippen molar-refractivity contribution in [2.24, 2.45) is 5.73 Å². The van der Waals surface area contributed by atoms with E-state index in [0.29, 0.717) is 16.9 Å². The molecular weight excluding hydrogens is 440 g/mol. The maximum atomic E-state index is 12.7. The average molecular weight is 462 g/mol. The number of carbonyl (C=O) groups is 3. The lowest BCUT2D eigenvalue weighted by Gasteiger charge is -2.27. The number of nitrogens with zero attached hydrogens (tertiary/aromatic N) is 1. The van der Waals surface area contributed by atoms with Crippen molar-refractivity contribution in [3.8, 4) is 6.07 Å². The highest BCUT2D eigenvalue weighted by atomic mass is 16.5. The molecule has 34 heavy (non-hydrogen) atoms. The smallest absolute Gasteiger partial charge is 0.338 e. The van der Waals surface area contributed by atoms with E-state index in [1.54, 1.807) is 48.5 Å². The topological polar surface area (TPSA) is 153 Å². The molecular formula is C24H22N4O6. The monoisotopic (exact) mass is 462 g/mol. The molecule has 1 heterocycles. The summed E-state index contributed by atoms with van der Waals surface area (Å²) in [5, 5.41) is 15.2. The highest BCUT2D eigenvalue weighted by molar-refractivity contribution is 6.00. The number of para-hydroxylation sites is 1. The maximum Gasteiger partial charge on any atom is 0.338 e. The van der Waals surface area contributed by atoms with Crippen molar-refractivity contribution < 1.29 is 28.6 Å². The number of amides is 2. The summed E-state index contributed by atoms with van der Waals surface area (Å²) in [7, 11) is 2.36. The first kappa shape index (κ1) is 23.9. The summed E-state index contributed by atoms with van der Waals surface area (Å²) in [6.07, 6.45) is -0.395. The van der Waals surface area contributed by atoms with Crippen molar-refractivity contribution in [3.05, 3.63) is 82.9 Å². The number of urea groups is 1. The predicted molar refractivity (Wildman–Crippen MR) is 122 cm³/mol. The fourth-order valence-corrected chi connectivity index (χ4v) is 3.43. The van der Waals surface area contributed by atoms with Gasteiger partial charge in [-0.3, -0.25) is 4.79 Å². The summed E-state index contributed by atoms with van der Waals surface area (Å²) in [5.41, 5.74) is 7.29. The van der Waals surface area contributed by atoms with Crippen LogP contribution in [0.2, 0.25) is 0 Å². The lowest BCUT2D eigenvalue weighted by Crippen LogP contribution is -2.27. The maximum absolute atomic E-state index is 12.7. The van der Waals surface area contributed by atoms with Crippen LogP contribution in [0.5, 0.6) is 0 Å². The Bertz CT molecular complexity index is 1210. The number of anilines is 2. The third-order valence-corrected chi connectivity index (χ3v) is 4.94. The van der Waals surface area contributed by atoms with Crippen LogP contribution < -0.4 is 16.4 Å². The lowest BCUT2D eigenvalue weighted by atomic mass is 9.82. The molecule has 174 valence electrons. The summed E-state index contributed by atoms with van der Waals surface area (Å²) in [4.78, 5) is 37.0. The Morgan fingerprint density at radius 2 is 1.71 bits per heavy atom. The van der Waals surface area contributed by atoms with Crippen molar-refractivity contribution in [1.29, 1.82) is 5.26 Å². The minimum atomic E-state index is -0.996. The van der Waals surface area contributed by atoms with Gasteiger partial charge in [-0.05, 0) is 29.8 Å². The molecule has 3 rings (SSSR count). The van der Waals surface area contributed by atoms with Crippen LogP contribution in [0.3, 0.4) is 0 Å². The van der Waals surface area contributed by atoms with E-state index in [0.717, 1.165) is 0 Å². The van der Waals surface area contributed by atoms with Gasteiger partial charge in [0.2, 0.25) is 5.88 Å². The summed E-state index contributed by atoms with van der Waals surface area (Å²) in [5.74, 6) is -2.80. The van der Waals surface area contributed by atoms with Crippen LogP contribution in [0.25, 0.3) is 0 Å². The second kappa shape index (κ2) is 10.7. The van der Waals surface area contributed by atoms with E-state index in [9.17, 15) is 19.6 Å². The highest BCUT2D eigenvalue weighted by Gasteiger charge is 2.38.